The van der Waals surface area contributed by atoms with Crippen LogP contribution in [0.2, 0.25) is 0 Å². The van der Waals surface area contributed by atoms with E-state index < -0.39 is 12.7 Å². The number of carbonyl (C=O) groups is 2. The molecule has 0 aliphatic carbocycles. The van der Waals surface area contributed by atoms with Crippen LogP contribution in [0, 0.1) is 0 Å². The zero-order valence-electron chi connectivity index (χ0n) is 11.6. The minimum atomic E-state index is -1.07. The summed E-state index contributed by atoms with van der Waals surface area (Å²) in [5, 5.41) is 18.5. The Kier molecular flexibility index (Phi) is 4.77. The average Bonchev–Trinajstić information content (AvgIpc) is 2.49. The number of nitrogens with zero attached hydrogens (tertiary/aromatic N) is 1. The number of aliphatic hydroxyl groups is 2. The fraction of sp³-hybridized carbons (Fsp3) is 0.429. The molecule has 1 aliphatic heterocycles. The predicted molar refractivity (Wildman–Crippen MR) is 73.9 cm³/mol. The van der Waals surface area contributed by atoms with Gasteiger partial charge in [0.05, 0.1) is 31.5 Å². The molecule has 0 bridgehead atoms. The van der Waals surface area contributed by atoms with Gasteiger partial charge in [-0.05, 0) is 19.1 Å². The summed E-state index contributed by atoms with van der Waals surface area (Å²) in [5.41, 5.74) is 0.686. The maximum Gasteiger partial charge on any atom is 0.265 e. The number of carbonyl (C=O) groups excluding carboxylic acids is 2. The van der Waals surface area contributed by atoms with Gasteiger partial charge in [0.25, 0.3) is 5.91 Å². The lowest BCUT2D eigenvalue weighted by atomic mass is 10.1. The molecule has 1 aromatic carbocycles. The van der Waals surface area contributed by atoms with Gasteiger partial charge in [0.1, 0.15) is 6.29 Å². The molecule has 7 heteroatoms. The third-order valence-corrected chi connectivity index (χ3v) is 3.03. The molecule has 1 amide bonds. The molecule has 1 atom stereocenters. The van der Waals surface area contributed by atoms with Crippen molar-refractivity contribution in [2.24, 2.45) is 0 Å². The van der Waals surface area contributed by atoms with Crippen LogP contribution in [0.1, 0.15) is 17.3 Å². The minimum Gasteiger partial charge on any atom is -0.490 e. The van der Waals surface area contributed by atoms with Crippen LogP contribution in [-0.4, -0.2) is 54.9 Å². The fourth-order valence-corrected chi connectivity index (χ4v) is 2.10. The fourth-order valence-electron chi connectivity index (χ4n) is 2.10. The molecule has 1 aromatic rings. The monoisotopic (exact) mass is 295 g/mol. The van der Waals surface area contributed by atoms with Crippen LogP contribution in [0.5, 0.6) is 11.5 Å². The lowest BCUT2D eigenvalue weighted by molar-refractivity contribution is -0.121. The molecule has 21 heavy (non-hydrogen) atoms. The van der Waals surface area contributed by atoms with Crippen molar-refractivity contribution in [1.82, 2.24) is 0 Å². The largest absolute Gasteiger partial charge is 0.490 e. The van der Waals surface area contributed by atoms with E-state index in [-0.39, 0.29) is 19.1 Å². The highest BCUT2D eigenvalue weighted by molar-refractivity contribution is 5.99. The molecule has 1 unspecified atom stereocenters. The zero-order chi connectivity index (χ0) is 15.4. The summed E-state index contributed by atoms with van der Waals surface area (Å²) in [7, 11) is 0. The molecule has 114 valence electrons. The van der Waals surface area contributed by atoms with Gasteiger partial charge in [-0.15, -0.1) is 0 Å². The second kappa shape index (κ2) is 6.55. The Morgan fingerprint density at radius 1 is 1.52 bits per heavy atom. The van der Waals surface area contributed by atoms with Crippen molar-refractivity contribution in [3.05, 3.63) is 17.7 Å². The topological polar surface area (TPSA) is 96.3 Å². The van der Waals surface area contributed by atoms with Crippen molar-refractivity contribution < 1.29 is 29.3 Å². The summed E-state index contributed by atoms with van der Waals surface area (Å²) in [6.45, 7) is 1.43. The molecule has 0 fully saturated rings. The number of rotatable bonds is 6. The van der Waals surface area contributed by atoms with Crippen LogP contribution in [0.3, 0.4) is 0 Å². The second-order valence-corrected chi connectivity index (χ2v) is 4.55. The Morgan fingerprint density at radius 2 is 2.29 bits per heavy atom. The van der Waals surface area contributed by atoms with E-state index in [1.165, 1.54) is 17.0 Å². The number of ether oxygens (including phenoxy) is 2. The van der Waals surface area contributed by atoms with E-state index in [1.54, 1.807) is 6.92 Å². The summed E-state index contributed by atoms with van der Waals surface area (Å²) < 4.78 is 10.8. The molecule has 0 radical (unpaired) electrons. The molecule has 2 N–H and O–H groups in total. The number of anilines is 1. The Morgan fingerprint density at radius 3 is 2.90 bits per heavy atom. The highest BCUT2D eigenvalue weighted by atomic mass is 16.5. The van der Waals surface area contributed by atoms with E-state index in [0.717, 1.165) is 0 Å². The van der Waals surface area contributed by atoms with Gasteiger partial charge in [0.15, 0.2) is 18.1 Å². The molecule has 0 saturated carbocycles. The normalized spacial score (nSPS) is 15.2. The number of β-amino-alcohol motifs (C(OH)–C–C–N with tert-alkyl or cyclic N) is 1. The van der Waals surface area contributed by atoms with Gasteiger partial charge in [-0.3, -0.25) is 9.59 Å². The van der Waals surface area contributed by atoms with E-state index in [9.17, 15) is 14.7 Å². The molecular formula is C14H17NO6. The Balaban J connectivity index is 2.47. The third kappa shape index (κ3) is 3.14. The summed E-state index contributed by atoms with van der Waals surface area (Å²) >= 11 is 0. The van der Waals surface area contributed by atoms with Gasteiger partial charge in [0.2, 0.25) is 0 Å². The Hall–Kier alpha value is -2.12. The van der Waals surface area contributed by atoms with Crippen molar-refractivity contribution in [3.63, 3.8) is 0 Å². The number of fused-ring (bicyclic) bond motifs is 1. The molecule has 1 aliphatic rings. The molecular weight excluding hydrogens is 278 g/mol. The standard InChI is InChI=1S/C14H17NO6/c1-2-20-12-4-9(6-16)3-11-14(12)21-8-13(19)15(11)5-10(18)7-17/h3-4,6,10,17-18H,2,5,7-8H2,1H3. The quantitative estimate of drug-likeness (QED) is 0.716. The van der Waals surface area contributed by atoms with Gasteiger partial charge in [-0.1, -0.05) is 0 Å². The maximum atomic E-state index is 12.0. The van der Waals surface area contributed by atoms with E-state index in [2.05, 4.69) is 0 Å². The van der Waals surface area contributed by atoms with Crippen molar-refractivity contribution in [2.75, 3.05) is 31.3 Å². The highest BCUT2D eigenvalue weighted by Crippen LogP contribution is 2.41. The van der Waals surface area contributed by atoms with E-state index in [0.29, 0.717) is 35.6 Å². The van der Waals surface area contributed by atoms with Crippen molar-refractivity contribution in [2.45, 2.75) is 13.0 Å². The van der Waals surface area contributed by atoms with Crippen LogP contribution < -0.4 is 14.4 Å². The minimum absolute atomic E-state index is 0.0838. The maximum absolute atomic E-state index is 12.0. The summed E-state index contributed by atoms with van der Waals surface area (Å²) in [6, 6.07) is 3.03. The smallest absolute Gasteiger partial charge is 0.265 e. The molecule has 0 saturated heterocycles. The Labute approximate surface area is 121 Å². The van der Waals surface area contributed by atoms with E-state index in [1.807, 2.05) is 0 Å². The predicted octanol–water partition coefficient (Wildman–Crippen LogP) is -0.0236. The van der Waals surface area contributed by atoms with E-state index in [4.69, 9.17) is 14.6 Å². The number of aliphatic hydroxyl groups excluding tert-OH is 2. The second-order valence-electron chi connectivity index (χ2n) is 4.55. The van der Waals surface area contributed by atoms with E-state index >= 15 is 0 Å². The van der Waals surface area contributed by atoms with Crippen LogP contribution in [0.4, 0.5) is 5.69 Å². The SMILES string of the molecule is CCOc1cc(C=O)cc2c1OCC(=O)N2CC(O)CO. The number of aldehydes is 1. The van der Waals surface area contributed by atoms with Crippen molar-refractivity contribution >= 4 is 17.9 Å². The van der Waals surface area contributed by atoms with Gasteiger partial charge in [-0.25, -0.2) is 0 Å². The highest BCUT2D eigenvalue weighted by Gasteiger charge is 2.30. The summed E-state index contributed by atoms with van der Waals surface area (Å²) in [4.78, 5) is 24.3. The summed E-state index contributed by atoms with van der Waals surface area (Å²) in [6.07, 6.45) is -0.432. The van der Waals surface area contributed by atoms with Crippen molar-refractivity contribution in [3.8, 4) is 11.5 Å². The van der Waals surface area contributed by atoms with Crippen LogP contribution >= 0.6 is 0 Å². The number of amides is 1. The molecule has 1 heterocycles. The first kappa shape index (κ1) is 15.3. The first-order valence-electron chi connectivity index (χ1n) is 6.58. The first-order chi connectivity index (χ1) is 10.1. The van der Waals surface area contributed by atoms with Gasteiger partial charge >= 0.3 is 0 Å². The zero-order valence-corrected chi connectivity index (χ0v) is 11.6. The Bertz CT molecular complexity index is 545. The molecule has 0 aromatic heterocycles. The molecule has 0 spiro atoms. The third-order valence-electron chi connectivity index (χ3n) is 3.03. The first-order valence-corrected chi connectivity index (χ1v) is 6.58. The number of benzene rings is 1. The lowest BCUT2D eigenvalue weighted by Gasteiger charge is -2.31. The lowest BCUT2D eigenvalue weighted by Crippen LogP contribution is -2.44. The van der Waals surface area contributed by atoms with Gasteiger partial charge in [-0.2, -0.15) is 0 Å². The van der Waals surface area contributed by atoms with Crippen LogP contribution in [0.15, 0.2) is 12.1 Å². The summed E-state index contributed by atoms with van der Waals surface area (Å²) in [5.74, 6) is 0.362. The van der Waals surface area contributed by atoms with Gasteiger partial charge in [0, 0.05) is 5.56 Å². The number of hydrogen-bond donors (Lipinski definition) is 2. The van der Waals surface area contributed by atoms with Crippen LogP contribution in [0.25, 0.3) is 0 Å². The van der Waals surface area contributed by atoms with Gasteiger partial charge < -0.3 is 24.6 Å². The van der Waals surface area contributed by atoms with Crippen molar-refractivity contribution in [1.29, 1.82) is 0 Å². The van der Waals surface area contributed by atoms with Crippen LogP contribution in [-0.2, 0) is 4.79 Å². The molecule has 7 nitrogen and oxygen atoms in total. The average molecular weight is 295 g/mol. The number of hydrogen-bond acceptors (Lipinski definition) is 6. The molecule has 2 rings (SSSR count).